The van der Waals surface area contributed by atoms with Crippen LogP contribution in [0.1, 0.15) is 44.2 Å². The Morgan fingerprint density at radius 2 is 1.80 bits per heavy atom. The van der Waals surface area contributed by atoms with Crippen molar-refractivity contribution < 1.29 is 14.3 Å². The minimum absolute atomic E-state index is 0.119. The maximum Gasteiger partial charge on any atom is 0.242 e. The summed E-state index contributed by atoms with van der Waals surface area (Å²) in [6.07, 6.45) is 2.59. The molecule has 2 amide bonds. The van der Waals surface area contributed by atoms with Gasteiger partial charge in [-0.2, -0.15) is 0 Å². The number of rotatable bonds is 11. The lowest BCUT2D eigenvalue weighted by atomic mass is 10.1. The molecule has 0 aliphatic rings. The smallest absolute Gasteiger partial charge is 0.242 e. The zero-order chi connectivity index (χ0) is 21.9. The number of unbranched alkanes of at least 4 members (excludes halogenated alkanes) is 1. The molecule has 0 unspecified atom stereocenters. The predicted octanol–water partition coefficient (Wildman–Crippen LogP) is 4.61. The van der Waals surface area contributed by atoms with Crippen LogP contribution in [0.2, 0.25) is 5.02 Å². The second-order valence-electron chi connectivity index (χ2n) is 7.21. The number of amides is 2. The summed E-state index contributed by atoms with van der Waals surface area (Å²) in [7, 11) is 1.61. The molecule has 0 aliphatic heterocycles. The van der Waals surface area contributed by atoms with Crippen molar-refractivity contribution in [3.63, 3.8) is 0 Å². The largest absolute Gasteiger partial charge is 0.497 e. The first-order chi connectivity index (χ1) is 14.5. The number of ether oxygens (including phenoxy) is 1. The SMILES string of the molecule is CCCCNC(=O)[C@H](CC)N(Cc1ccc(OC)cc1)C(=O)Cc1ccccc1Cl. The van der Waals surface area contributed by atoms with Gasteiger partial charge in [0.05, 0.1) is 13.5 Å². The molecule has 0 saturated carbocycles. The molecule has 5 nitrogen and oxygen atoms in total. The Hall–Kier alpha value is -2.53. The molecule has 2 rings (SSSR count). The van der Waals surface area contributed by atoms with Crippen molar-refractivity contribution in [1.82, 2.24) is 10.2 Å². The molecule has 1 atom stereocenters. The van der Waals surface area contributed by atoms with Crippen molar-refractivity contribution in [2.45, 2.75) is 52.1 Å². The van der Waals surface area contributed by atoms with E-state index < -0.39 is 6.04 Å². The second-order valence-corrected chi connectivity index (χ2v) is 7.61. The van der Waals surface area contributed by atoms with Crippen LogP contribution in [0.25, 0.3) is 0 Å². The zero-order valence-electron chi connectivity index (χ0n) is 18.0. The summed E-state index contributed by atoms with van der Waals surface area (Å²) >= 11 is 6.26. The molecule has 0 spiro atoms. The summed E-state index contributed by atoms with van der Waals surface area (Å²) in [6, 6.07) is 14.3. The van der Waals surface area contributed by atoms with Crippen molar-refractivity contribution in [1.29, 1.82) is 0 Å². The van der Waals surface area contributed by atoms with Crippen LogP contribution < -0.4 is 10.1 Å². The van der Waals surface area contributed by atoms with Crippen LogP contribution in [0.5, 0.6) is 5.75 Å². The van der Waals surface area contributed by atoms with Crippen LogP contribution in [-0.4, -0.2) is 36.4 Å². The molecule has 6 heteroatoms. The van der Waals surface area contributed by atoms with Gasteiger partial charge in [0, 0.05) is 18.1 Å². The van der Waals surface area contributed by atoms with Gasteiger partial charge in [0.2, 0.25) is 11.8 Å². The third-order valence-corrected chi connectivity index (χ3v) is 5.40. The second kappa shape index (κ2) is 12.2. The Morgan fingerprint density at radius 1 is 1.10 bits per heavy atom. The molecule has 1 N–H and O–H groups in total. The van der Waals surface area contributed by atoms with Crippen LogP contribution in [0.3, 0.4) is 0 Å². The topological polar surface area (TPSA) is 58.6 Å². The number of nitrogens with zero attached hydrogens (tertiary/aromatic N) is 1. The quantitative estimate of drug-likeness (QED) is 0.529. The highest BCUT2D eigenvalue weighted by Crippen LogP contribution is 2.20. The molecular weight excluding hydrogens is 400 g/mol. The van der Waals surface area contributed by atoms with Gasteiger partial charge in [-0.15, -0.1) is 0 Å². The first-order valence-electron chi connectivity index (χ1n) is 10.4. The third kappa shape index (κ3) is 6.77. The Balaban J connectivity index is 2.25. The van der Waals surface area contributed by atoms with Gasteiger partial charge >= 0.3 is 0 Å². The molecular formula is C24H31ClN2O3. The summed E-state index contributed by atoms with van der Waals surface area (Å²) in [5, 5.41) is 3.52. The summed E-state index contributed by atoms with van der Waals surface area (Å²) in [6.45, 7) is 4.95. The maximum atomic E-state index is 13.3. The predicted molar refractivity (Wildman–Crippen MR) is 121 cm³/mol. The average Bonchev–Trinajstić information content (AvgIpc) is 2.75. The molecule has 0 radical (unpaired) electrons. The van der Waals surface area contributed by atoms with Gasteiger partial charge in [-0.3, -0.25) is 9.59 Å². The molecule has 2 aromatic carbocycles. The highest BCUT2D eigenvalue weighted by molar-refractivity contribution is 6.31. The molecule has 162 valence electrons. The van der Waals surface area contributed by atoms with Gasteiger partial charge in [0.1, 0.15) is 11.8 Å². The van der Waals surface area contributed by atoms with Crippen LogP contribution >= 0.6 is 11.6 Å². The zero-order valence-corrected chi connectivity index (χ0v) is 18.7. The van der Waals surface area contributed by atoms with Crippen molar-refractivity contribution in [3.05, 3.63) is 64.7 Å². The Kier molecular flexibility index (Phi) is 9.68. The Morgan fingerprint density at radius 3 is 2.40 bits per heavy atom. The lowest BCUT2D eigenvalue weighted by Gasteiger charge is -2.31. The summed E-state index contributed by atoms with van der Waals surface area (Å²) in [5.41, 5.74) is 1.69. The summed E-state index contributed by atoms with van der Waals surface area (Å²) < 4.78 is 5.22. The van der Waals surface area contributed by atoms with Crippen molar-refractivity contribution in [2.75, 3.05) is 13.7 Å². The fourth-order valence-electron chi connectivity index (χ4n) is 3.26. The Labute approximate surface area is 184 Å². The minimum atomic E-state index is -0.543. The summed E-state index contributed by atoms with van der Waals surface area (Å²) in [5.74, 6) is 0.500. The van der Waals surface area contributed by atoms with E-state index in [1.54, 1.807) is 18.1 Å². The number of hydrogen-bond donors (Lipinski definition) is 1. The van der Waals surface area contributed by atoms with Crippen LogP contribution in [0, 0.1) is 0 Å². The number of methoxy groups -OCH3 is 1. The number of hydrogen-bond acceptors (Lipinski definition) is 3. The molecule has 0 fully saturated rings. The standard InChI is InChI=1S/C24H31ClN2O3/c1-4-6-15-26-24(29)22(5-2)27(17-18-11-13-20(30-3)14-12-18)23(28)16-19-9-7-8-10-21(19)25/h7-14,22H,4-6,15-17H2,1-3H3,(H,26,29)/t22-/m0/s1. The van der Waals surface area contributed by atoms with Gasteiger partial charge in [-0.1, -0.05) is 62.2 Å². The lowest BCUT2D eigenvalue weighted by Crippen LogP contribution is -2.49. The van der Waals surface area contributed by atoms with E-state index >= 15 is 0 Å². The van der Waals surface area contributed by atoms with Crippen LogP contribution in [0.15, 0.2) is 48.5 Å². The van der Waals surface area contributed by atoms with Crippen molar-refractivity contribution in [3.8, 4) is 5.75 Å². The van der Waals surface area contributed by atoms with E-state index in [1.165, 1.54) is 0 Å². The van der Waals surface area contributed by atoms with Gasteiger partial charge in [0.15, 0.2) is 0 Å². The third-order valence-electron chi connectivity index (χ3n) is 5.03. The number of benzene rings is 2. The van der Waals surface area contributed by atoms with E-state index in [0.29, 0.717) is 24.5 Å². The van der Waals surface area contributed by atoms with Gasteiger partial charge in [-0.25, -0.2) is 0 Å². The van der Waals surface area contributed by atoms with Crippen LogP contribution in [-0.2, 0) is 22.6 Å². The normalized spacial score (nSPS) is 11.6. The van der Waals surface area contributed by atoms with Gasteiger partial charge in [-0.05, 0) is 42.2 Å². The number of carbonyl (C=O) groups excluding carboxylic acids is 2. The molecule has 0 heterocycles. The monoisotopic (exact) mass is 430 g/mol. The molecule has 30 heavy (non-hydrogen) atoms. The van der Waals surface area contributed by atoms with E-state index in [4.69, 9.17) is 16.3 Å². The highest BCUT2D eigenvalue weighted by Gasteiger charge is 2.28. The molecule has 0 aromatic heterocycles. The minimum Gasteiger partial charge on any atom is -0.497 e. The van der Waals surface area contributed by atoms with E-state index in [1.807, 2.05) is 49.4 Å². The first kappa shape index (κ1) is 23.7. The van der Waals surface area contributed by atoms with Gasteiger partial charge < -0.3 is 15.0 Å². The number of carbonyl (C=O) groups is 2. The fourth-order valence-corrected chi connectivity index (χ4v) is 3.46. The van der Waals surface area contributed by atoms with Crippen molar-refractivity contribution in [2.24, 2.45) is 0 Å². The van der Waals surface area contributed by atoms with Gasteiger partial charge in [0.25, 0.3) is 0 Å². The number of halogens is 1. The molecule has 0 saturated heterocycles. The summed E-state index contributed by atoms with van der Waals surface area (Å²) in [4.78, 5) is 27.8. The Bertz CT molecular complexity index is 823. The number of nitrogens with one attached hydrogen (secondary N) is 1. The van der Waals surface area contributed by atoms with Crippen LogP contribution in [0.4, 0.5) is 0 Å². The van der Waals surface area contributed by atoms with E-state index in [2.05, 4.69) is 12.2 Å². The van der Waals surface area contributed by atoms with Crippen molar-refractivity contribution >= 4 is 23.4 Å². The fraction of sp³-hybridized carbons (Fsp3) is 0.417. The van der Waals surface area contributed by atoms with E-state index in [-0.39, 0.29) is 18.2 Å². The maximum absolute atomic E-state index is 13.3. The first-order valence-corrected chi connectivity index (χ1v) is 10.8. The molecule has 0 bridgehead atoms. The van der Waals surface area contributed by atoms with E-state index in [0.717, 1.165) is 29.7 Å². The average molecular weight is 431 g/mol. The molecule has 0 aliphatic carbocycles. The highest BCUT2D eigenvalue weighted by atomic mass is 35.5. The van der Waals surface area contributed by atoms with E-state index in [9.17, 15) is 9.59 Å². The lowest BCUT2D eigenvalue weighted by molar-refractivity contribution is -0.140. The molecule has 2 aromatic rings.